The van der Waals surface area contributed by atoms with Crippen LogP contribution in [0.3, 0.4) is 0 Å². The van der Waals surface area contributed by atoms with Gasteiger partial charge in [-0.2, -0.15) is 0 Å². The lowest BCUT2D eigenvalue weighted by Gasteiger charge is -2.21. The molecule has 0 radical (unpaired) electrons. The van der Waals surface area contributed by atoms with E-state index in [0.717, 1.165) is 5.56 Å². The minimum absolute atomic E-state index is 0.278. The van der Waals surface area contributed by atoms with E-state index in [9.17, 15) is 0 Å². The van der Waals surface area contributed by atoms with Crippen LogP contribution in [0.4, 0.5) is 0 Å². The van der Waals surface area contributed by atoms with Crippen LogP contribution in [0.2, 0.25) is 0 Å². The molecule has 0 aliphatic carbocycles. The highest BCUT2D eigenvalue weighted by atomic mass is 16.7. The summed E-state index contributed by atoms with van der Waals surface area (Å²) in [6, 6.07) is 14.8. The van der Waals surface area contributed by atoms with Crippen molar-refractivity contribution in [2.45, 2.75) is 34.0 Å². The van der Waals surface area contributed by atoms with Gasteiger partial charge in [0.1, 0.15) is 0 Å². The molecule has 0 saturated heterocycles. The first-order chi connectivity index (χ1) is 10.1. The molecule has 114 valence electrons. The molecule has 0 amide bonds. The van der Waals surface area contributed by atoms with Crippen molar-refractivity contribution < 1.29 is 9.47 Å². The molecule has 0 fully saturated rings. The van der Waals surface area contributed by atoms with Crippen LogP contribution in [-0.2, 0) is 9.47 Å². The average molecular weight is 286 g/mol. The van der Waals surface area contributed by atoms with Crippen LogP contribution in [0.25, 0.3) is 10.8 Å². The van der Waals surface area contributed by atoms with Crippen molar-refractivity contribution in [3.8, 4) is 0 Å². The Balaban J connectivity index is 2.19. The number of ether oxygens (including phenoxy) is 2. The topological polar surface area (TPSA) is 18.5 Å². The van der Waals surface area contributed by atoms with Gasteiger partial charge in [0.15, 0.2) is 6.29 Å². The highest BCUT2D eigenvalue weighted by Gasteiger charge is 2.14. The summed E-state index contributed by atoms with van der Waals surface area (Å²) in [5.74, 6) is 0.992. The van der Waals surface area contributed by atoms with E-state index in [1.807, 2.05) is 0 Å². The van der Waals surface area contributed by atoms with Crippen molar-refractivity contribution in [3.63, 3.8) is 0 Å². The molecule has 2 rings (SSSR count). The van der Waals surface area contributed by atoms with E-state index in [0.29, 0.717) is 25.0 Å². The monoisotopic (exact) mass is 286 g/mol. The molecule has 0 bridgehead atoms. The first-order valence-corrected chi connectivity index (χ1v) is 7.78. The van der Waals surface area contributed by atoms with Crippen LogP contribution in [0, 0.1) is 11.8 Å². The van der Waals surface area contributed by atoms with Gasteiger partial charge in [-0.3, -0.25) is 0 Å². The summed E-state index contributed by atoms with van der Waals surface area (Å²) in [5.41, 5.74) is 1.09. The van der Waals surface area contributed by atoms with Gasteiger partial charge in [0, 0.05) is 5.56 Å². The molecule has 2 aromatic rings. The van der Waals surface area contributed by atoms with Gasteiger partial charge in [0.05, 0.1) is 13.2 Å². The SMILES string of the molecule is CC(C)COC(OCC(C)C)c1ccc2ccccc2c1. The van der Waals surface area contributed by atoms with E-state index in [1.54, 1.807) is 0 Å². The molecule has 2 nitrogen and oxygen atoms in total. The van der Waals surface area contributed by atoms with Gasteiger partial charge in [0.2, 0.25) is 0 Å². The Hall–Kier alpha value is -1.38. The van der Waals surface area contributed by atoms with Gasteiger partial charge in [-0.15, -0.1) is 0 Å². The van der Waals surface area contributed by atoms with Crippen LogP contribution >= 0.6 is 0 Å². The molecule has 21 heavy (non-hydrogen) atoms. The third kappa shape index (κ3) is 4.83. The summed E-state index contributed by atoms with van der Waals surface area (Å²) in [5, 5.41) is 2.47. The predicted molar refractivity (Wildman–Crippen MR) is 88.3 cm³/mol. The maximum Gasteiger partial charge on any atom is 0.183 e. The Labute approximate surface area is 128 Å². The Morgan fingerprint density at radius 3 is 1.90 bits per heavy atom. The van der Waals surface area contributed by atoms with Crippen LogP contribution in [0.15, 0.2) is 42.5 Å². The van der Waals surface area contributed by atoms with Crippen molar-refractivity contribution >= 4 is 10.8 Å². The molecule has 0 heterocycles. The number of rotatable bonds is 7. The number of hydrogen-bond acceptors (Lipinski definition) is 2. The normalized spacial score (nSPS) is 12.0. The molecular weight excluding hydrogens is 260 g/mol. The van der Waals surface area contributed by atoms with E-state index in [1.165, 1.54) is 10.8 Å². The fourth-order valence-corrected chi connectivity index (χ4v) is 2.15. The van der Waals surface area contributed by atoms with Crippen molar-refractivity contribution in [3.05, 3.63) is 48.0 Å². The van der Waals surface area contributed by atoms with Crippen molar-refractivity contribution in [1.82, 2.24) is 0 Å². The fourth-order valence-electron chi connectivity index (χ4n) is 2.15. The first kappa shape index (κ1) is 16.0. The molecule has 0 N–H and O–H groups in total. The first-order valence-electron chi connectivity index (χ1n) is 7.78. The largest absolute Gasteiger partial charge is 0.348 e. The average Bonchev–Trinajstić information content (AvgIpc) is 2.46. The Bertz CT molecular complexity index is 548. The van der Waals surface area contributed by atoms with E-state index >= 15 is 0 Å². The van der Waals surface area contributed by atoms with Crippen molar-refractivity contribution in [2.75, 3.05) is 13.2 Å². The minimum Gasteiger partial charge on any atom is -0.348 e. The van der Waals surface area contributed by atoms with Crippen molar-refractivity contribution in [2.24, 2.45) is 11.8 Å². The van der Waals surface area contributed by atoms with Crippen LogP contribution < -0.4 is 0 Å². The summed E-state index contributed by atoms with van der Waals surface area (Å²) in [4.78, 5) is 0. The summed E-state index contributed by atoms with van der Waals surface area (Å²) < 4.78 is 11.9. The van der Waals surface area contributed by atoms with Gasteiger partial charge in [-0.1, -0.05) is 64.1 Å². The summed E-state index contributed by atoms with van der Waals surface area (Å²) >= 11 is 0. The second kappa shape index (κ2) is 7.58. The molecule has 0 spiro atoms. The smallest absolute Gasteiger partial charge is 0.183 e. The van der Waals surface area contributed by atoms with Gasteiger partial charge in [-0.25, -0.2) is 0 Å². The zero-order chi connectivity index (χ0) is 15.2. The third-order valence-corrected chi connectivity index (χ3v) is 3.21. The zero-order valence-corrected chi connectivity index (χ0v) is 13.5. The standard InChI is InChI=1S/C19H26O2/c1-14(2)12-20-19(21-13-15(3)4)18-10-9-16-7-5-6-8-17(16)11-18/h5-11,14-15,19H,12-13H2,1-4H3. The molecular formula is C19H26O2. The summed E-state index contributed by atoms with van der Waals surface area (Å²) in [6.07, 6.45) is -0.278. The van der Waals surface area contributed by atoms with E-state index in [4.69, 9.17) is 9.47 Å². The second-order valence-corrected chi connectivity index (χ2v) is 6.39. The summed E-state index contributed by atoms with van der Waals surface area (Å²) in [6.45, 7) is 10.0. The molecule has 0 unspecified atom stereocenters. The van der Waals surface area contributed by atoms with E-state index in [2.05, 4.69) is 70.2 Å². The Kier molecular flexibility index (Phi) is 5.77. The number of benzene rings is 2. The minimum atomic E-state index is -0.278. The second-order valence-electron chi connectivity index (χ2n) is 6.39. The predicted octanol–water partition coefficient (Wildman–Crippen LogP) is 5.18. The molecule has 2 heteroatoms. The number of fused-ring (bicyclic) bond motifs is 1. The lowest BCUT2D eigenvalue weighted by atomic mass is 10.1. The number of hydrogen-bond donors (Lipinski definition) is 0. The molecule has 0 aliphatic heterocycles. The molecule has 0 saturated carbocycles. The lowest BCUT2D eigenvalue weighted by Crippen LogP contribution is -2.15. The molecule has 2 aromatic carbocycles. The van der Waals surface area contributed by atoms with E-state index in [-0.39, 0.29) is 6.29 Å². The van der Waals surface area contributed by atoms with Gasteiger partial charge >= 0.3 is 0 Å². The van der Waals surface area contributed by atoms with Gasteiger partial charge in [-0.05, 0) is 28.7 Å². The highest BCUT2D eigenvalue weighted by Crippen LogP contribution is 2.25. The quantitative estimate of drug-likeness (QED) is 0.653. The maximum atomic E-state index is 5.97. The molecule has 0 aliphatic rings. The van der Waals surface area contributed by atoms with Crippen LogP contribution in [0.5, 0.6) is 0 Å². The highest BCUT2D eigenvalue weighted by molar-refractivity contribution is 5.83. The van der Waals surface area contributed by atoms with Gasteiger partial charge in [0.25, 0.3) is 0 Å². The van der Waals surface area contributed by atoms with Crippen LogP contribution in [0.1, 0.15) is 39.5 Å². The zero-order valence-electron chi connectivity index (χ0n) is 13.5. The summed E-state index contributed by atoms with van der Waals surface area (Å²) in [7, 11) is 0. The molecule has 0 aromatic heterocycles. The van der Waals surface area contributed by atoms with Crippen molar-refractivity contribution in [1.29, 1.82) is 0 Å². The maximum absolute atomic E-state index is 5.97. The van der Waals surface area contributed by atoms with Gasteiger partial charge < -0.3 is 9.47 Å². The third-order valence-electron chi connectivity index (χ3n) is 3.21. The van der Waals surface area contributed by atoms with Crippen LogP contribution in [-0.4, -0.2) is 13.2 Å². The fraction of sp³-hybridized carbons (Fsp3) is 0.474. The lowest BCUT2D eigenvalue weighted by molar-refractivity contribution is -0.158. The van der Waals surface area contributed by atoms with E-state index < -0.39 is 0 Å². The molecule has 0 atom stereocenters. The Morgan fingerprint density at radius 1 is 0.762 bits per heavy atom. The Morgan fingerprint density at radius 2 is 1.33 bits per heavy atom.